The number of phenolic OH excluding ortho intramolecular Hbond substituents is 1. The van der Waals surface area contributed by atoms with Crippen molar-refractivity contribution in [2.75, 3.05) is 26.8 Å². The van der Waals surface area contributed by atoms with Gasteiger partial charge in [-0.25, -0.2) is 9.79 Å². The zero-order valence-electron chi connectivity index (χ0n) is 19.9. The van der Waals surface area contributed by atoms with E-state index in [1.807, 2.05) is 0 Å². The fourth-order valence-electron chi connectivity index (χ4n) is 3.25. The molecule has 6 N–H and O–H groups in total. The molecule has 2 aromatic carbocycles. The van der Waals surface area contributed by atoms with E-state index in [2.05, 4.69) is 20.9 Å². The SMILES string of the molecule is COCCNC(=NCC(NC(=O)c1c(Cl)cc(CCC(O)c2cccc(O)c2)cc1Cl)C(=O)O)NC#N. The first-order chi connectivity index (χ1) is 17.7. The van der Waals surface area contributed by atoms with Gasteiger partial charge in [0.1, 0.15) is 11.8 Å². The summed E-state index contributed by atoms with van der Waals surface area (Å²) in [5, 5.41) is 45.7. The summed E-state index contributed by atoms with van der Waals surface area (Å²) in [4.78, 5) is 28.5. The van der Waals surface area contributed by atoms with Crippen LogP contribution in [0.2, 0.25) is 10.0 Å². The second-order valence-electron chi connectivity index (χ2n) is 7.79. The maximum absolute atomic E-state index is 12.8. The highest BCUT2D eigenvalue weighted by atomic mass is 35.5. The minimum atomic E-state index is -1.43. The number of nitrogens with zero attached hydrogens (tertiary/aromatic N) is 2. The molecule has 0 aliphatic rings. The molecule has 0 radical (unpaired) electrons. The van der Waals surface area contributed by atoms with Gasteiger partial charge in [-0.05, 0) is 48.2 Å². The number of aliphatic hydroxyl groups is 1. The number of hydrogen-bond donors (Lipinski definition) is 6. The molecular weight excluding hydrogens is 525 g/mol. The number of aliphatic imine (C=N–C) groups is 1. The van der Waals surface area contributed by atoms with Crippen LogP contribution in [0.3, 0.4) is 0 Å². The van der Waals surface area contributed by atoms with E-state index in [1.165, 1.54) is 31.4 Å². The zero-order valence-corrected chi connectivity index (χ0v) is 21.4. The molecule has 0 fully saturated rings. The highest BCUT2D eigenvalue weighted by Crippen LogP contribution is 2.29. The average molecular weight is 552 g/mol. The molecular formula is C24H27Cl2N5O6. The van der Waals surface area contributed by atoms with Gasteiger partial charge in [-0.2, -0.15) is 5.26 Å². The minimum Gasteiger partial charge on any atom is -0.508 e. The molecule has 37 heavy (non-hydrogen) atoms. The second kappa shape index (κ2) is 14.9. The number of carbonyl (C=O) groups excluding carboxylic acids is 1. The Morgan fingerprint density at radius 3 is 2.51 bits per heavy atom. The Balaban J connectivity index is 2.08. The number of aliphatic hydroxyl groups excluding tert-OH is 1. The normalized spacial score (nSPS) is 12.8. The number of hydrogen-bond acceptors (Lipinski definition) is 7. The highest BCUT2D eigenvalue weighted by molar-refractivity contribution is 6.39. The van der Waals surface area contributed by atoms with Crippen LogP contribution in [0, 0.1) is 11.5 Å². The van der Waals surface area contributed by atoms with E-state index in [-0.39, 0.29) is 33.9 Å². The third kappa shape index (κ3) is 9.44. The van der Waals surface area contributed by atoms with Gasteiger partial charge in [-0.1, -0.05) is 35.3 Å². The predicted molar refractivity (Wildman–Crippen MR) is 138 cm³/mol. The lowest BCUT2D eigenvalue weighted by molar-refractivity contribution is -0.138. The number of halogens is 2. The smallest absolute Gasteiger partial charge is 0.328 e. The Hall–Kier alpha value is -3.56. The number of ether oxygens (including phenoxy) is 1. The number of aromatic hydroxyl groups is 1. The zero-order chi connectivity index (χ0) is 27.4. The molecule has 2 unspecified atom stereocenters. The van der Waals surface area contributed by atoms with Crippen molar-refractivity contribution < 1.29 is 29.6 Å². The molecule has 0 aliphatic heterocycles. The molecule has 2 aromatic rings. The molecule has 2 atom stereocenters. The summed E-state index contributed by atoms with van der Waals surface area (Å²) >= 11 is 12.6. The van der Waals surface area contributed by atoms with E-state index >= 15 is 0 Å². The number of aliphatic carboxylic acids is 1. The summed E-state index contributed by atoms with van der Waals surface area (Å²) < 4.78 is 4.89. The number of phenols is 1. The molecule has 0 saturated carbocycles. The Morgan fingerprint density at radius 2 is 1.92 bits per heavy atom. The number of guanidine groups is 1. The van der Waals surface area contributed by atoms with Gasteiger partial charge in [-0.3, -0.25) is 10.1 Å². The van der Waals surface area contributed by atoms with Crippen molar-refractivity contribution in [3.63, 3.8) is 0 Å². The minimum absolute atomic E-state index is 0.00699. The number of amides is 1. The molecule has 0 aliphatic carbocycles. The molecule has 198 valence electrons. The first kappa shape index (κ1) is 29.7. The average Bonchev–Trinajstić information content (AvgIpc) is 2.84. The Labute approximate surface area is 223 Å². The molecule has 13 heteroatoms. The van der Waals surface area contributed by atoms with Crippen molar-refractivity contribution >= 4 is 41.0 Å². The van der Waals surface area contributed by atoms with Crippen molar-refractivity contribution in [3.05, 3.63) is 63.1 Å². The van der Waals surface area contributed by atoms with Crippen molar-refractivity contribution in [3.8, 4) is 11.9 Å². The van der Waals surface area contributed by atoms with Crippen LogP contribution in [0.1, 0.15) is 34.0 Å². The third-order valence-electron chi connectivity index (χ3n) is 5.10. The maximum atomic E-state index is 12.8. The lowest BCUT2D eigenvalue weighted by atomic mass is 10.00. The molecule has 2 rings (SSSR count). The number of carbonyl (C=O) groups is 2. The number of nitriles is 1. The van der Waals surface area contributed by atoms with Crippen LogP contribution in [0.25, 0.3) is 0 Å². The van der Waals surface area contributed by atoms with Crippen molar-refractivity contribution in [2.24, 2.45) is 4.99 Å². The summed E-state index contributed by atoms with van der Waals surface area (Å²) in [6.07, 6.45) is 1.52. The van der Waals surface area contributed by atoms with Crippen LogP contribution in [-0.2, 0) is 16.0 Å². The van der Waals surface area contributed by atoms with Gasteiger partial charge in [-0.15, -0.1) is 0 Å². The Bertz CT molecular complexity index is 1150. The van der Waals surface area contributed by atoms with Gasteiger partial charge < -0.3 is 30.7 Å². The van der Waals surface area contributed by atoms with E-state index in [9.17, 15) is 24.9 Å². The summed E-state index contributed by atoms with van der Waals surface area (Å²) in [6, 6.07) is 7.88. The third-order valence-corrected chi connectivity index (χ3v) is 5.69. The maximum Gasteiger partial charge on any atom is 0.328 e. The fourth-order valence-corrected chi connectivity index (χ4v) is 3.96. The van der Waals surface area contributed by atoms with Gasteiger partial charge in [0.25, 0.3) is 5.91 Å². The van der Waals surface area contributed by atoms with E-state index in [0.717, 1.165) is 0 Å². The van der Waals surface area contributed by atoms with E-state index in [1.54, 1.807) is 18.3 Å². The first-order valence-electron chi connectivity index (χ1n) is 11.1. The second-order valence-corrected chi connectivity index (χ2v) is 8.61. The van der Waals surface area contributed by atoms with Crippen molar-refractivity contribution in [1.82, 2.24) is 16.0 Å². The lowest BCUT2D eigenvalue weighted by Gasteiger charge is -2.16. The quantitative estimate of drug-likeness (QED) is 0.0758. The number of benzene rings is 2. The van der Waals surface area contributed by atoms with Crippen LogP contribution in [-0.4, -0.2) is 66.0 Å². The molecule has 0 heterocycles. The van der Waals surface area contributed by atoms with Crippen molar-refractivity contribution in [2.45, 2.75) is 25.0 Å². The number of rotatable bonds is 12. The van der Waals surface area contributed by atoms with Crippen LogP contribution < -0.4 is 16.0 Å². The van der Waals surface area contributed by atoms with Crippen LogP contribution in [0.15, 0.2) is 41.4 Å². The largest absolute Gasteiger partial charge is 0.508 e. The fraction of sp³-hybridized carbons (Fsp3) is 0.333. The summed E-state index contributed by atoms with van der Waals surface area (Å²) in [5.74, 6) is -2.10. The molecule has 0 bridgehead atoms. The van der Waals surface area contributed by atoms with Gasteiger partial charge >= 0.3 is 5.97 Å². The summed E-state index contributed by atoms with van der Waals surface area (Å²) in [7, 11) is 1.50. The van der Waals surface area contributed by atoms with Gasteiger partial charge in [0.2, 0.25) is 5.96 Å². The van der Waals surface area contributed by atoms with Crippen molar-refractivity contribution in [1.29, 1.82) is 5.26 Å². The van der Waals surface area contributed by atoms with E-state index in [0.29, 0.717) is 37.1 Å². The van der Waals surface area contributed by atoms with Crippen LogP contribution in [0.4, 0.5) is 0 Å². The van der Waals surface area contributed by atoms with E-state index in [4.69, 9.17) is 33.2 Å². The number of nitrogens with one attached hydrogen (secondary N) is 3. The standard InChI is InChI=1S/C24H27Cl2N5O6/c1-37-8-7-28-24(30-13-27)29-12-19(23(35)36)31-22(34)21-17(25)9-14(10-18(21)26)5-6-20(33)15-3-2-4-16(32)11-15/h2-4,9-11,19-20,32-33H,5-8,12H2,1H3,(H,31,34)(H,35,36)(H2,28,29,30). The monoisotopic (exact) mass is 551 g/mol. The lowest BCUT2D eigenvalue weighted by Crippen LogP contribution is -2.44. The molecule has 0 spiro atoms. The molecule has 1 amide bonds. The predicted octanol–water partition coefficient (Wildman–Crippen LogP) is 2.21. The van der Waals surface area contributed by atoms with Gasteiger partial charge in [0.15, 0.2) is 6.19 Å². The topological polar surface area (TPSA) is 176 Å². The van der Waals surface area contributed by atoms with E-state index < -0.39 is 24.0 Å². The number of carboxylic acids is 1. The summed E-state index contributed by atoms with van der Waals surface area (Å²) in [6.45, 7) is 0.259. The molecule has 11 nitrogen and oxygen atoms in total. The number of carboxylic acid groups (broad SMARTS) is 1. The first-order valence-corrected chi connectivity index (χ1v) is 11.8. The number of aryl methyl sites for hydroxylation is 1. The van der Waals surface area contributed by atoms with Gasteiger partial charge in [0.05, 0.1) is 34.9 Å². The number of methoxy groups -OCH3 is 1. The highest BCUT2D eigenvalue weighted by Gasteiger charge is 2.24. The molecule has 0 saturated heterocycles. The summed E-state index contributed by atoms with van der Waals surface area (Å²) in [5.41, 5.74) is 1.10. The molecule has 0 aromatic heterocycles. The van der Waals surface area contributed by atoms with Crippen LogP contribution in [0.5, 0.6) is 5.75 Å². The Kier molecular flexibility index (Phi) is 11.9. The van der Waals surface area contributed by atoms with Crippen LogP contribution >= 0.6 is 23.2 Å². The Morgan fingerprint density at radius 1 is 1.22 bits per heavy atom. The van der Waals surface area contributed by atoms with Gasteiger partial charge in [0, 0.05) is 13.7 Å².